The van der Waals surface area contributed by atoms with Crippen LogP contribution in [0, 0.1) is 0 Å². The third kappa shape index (κ3) is 2.92. The van der Waals surface area contributed by atoms with Crippen molar-refractivity contribution in [2.75, 3.05) is 0 Å². The van der Waals surface area contributed by atoms with Crippen LogP contribution in [-0.2, 0) is 6.54 Å². The van der Waals surface area contributed by atoms with E-state index in [1.807, 2.05) is 24.3 Å². The van der Waals surface area contributed by atoms with Gasteiger partial charge in [0, 0.05) is 23.4 Å². The molecule has 22 heavy (non-hydrogen) atoms. The molecule has 0 unspecified atom stereocenters. The summed E-state index contributed by atoms with van der Waals surface area (Å²) in [7, 11) is 0. The number of hydrogen-bond donors (Lipinski definition) is 1. The van der Waals surface area contributed by atoms with Crippen molar-refractivity contribution in [1.82, 2.24) is 14.7 Å². The molecule has 3 rings (SSSR count). The highest BCUT2D eigenvalue weighted by molar-refractivity contribution is 9.10. The van der Waals surface area contributed by atoms with E-state index in [0.717, 1.165) is 10.0 Å². The van der Waals surface area contributed by atoms with E-state index in [-0.39, 0.29) is 11.1 Å². The molecule has 0 aliphatic heterocycles. The maximum Gasteiger partial charge on any atom is 0.270 e. The van der Waals surface area contributed by atoms with Crippen LogP contribution in [0.1, 0.15) is 15.9 Å². The summed E-state index contributed by atoms with van der Waals surface area (Å²) in [5.74, 6) is -0.435. The predicted molar refractivity (Wildman–Crippen MR) is 86.8 cm³/mol. The molecule has 0 fully saturated rings. The van der Waals surface area contributed by atoms with Crippen molar-refractivity contribution in [2.45, 2.75) is 6.54 Å². The first kappa shape index (κ1) is 14.5. The first-order chi connectivity index (χ1) is 10.6. The van der Waals surface area contributed by atoms with E-state index in [1.165, 1.54) is 10.6 Å². The van der Waals surface area contributed by atoms with Crippen LogP contribution in [0.15, 0.2) is 64.1 Å². The number of pyridine rings is 1. The molecule has 2 aromatic heterocycles. The monoisotopic (exact) mass is 357 g/mol. The number of halogens is 1. The Hall–Kier alpha value is -2.47. The van der Waals surface area contributed by atoms with Gasteiger partial charge in [-0.1, -0.05) is 34.1 Å². The highest BCUT2D eigenvalue weighted by Crippen LogP contribution is 2.11. The summed E-state index contributed by atoms with van der Waals surface area (Å²) in [4.78, 5) is 28.6. The van der Waals surface area contributed by atoms with Crippen molar-refractivity contribution in [1.29, 1.82) is 0 Å². The van der Waals surface area contributed by atoms with E-state index in [9.17, 15) is 9.59 Å². The Morgan fingerprint density at radius 1 is 1.23 bits per heavy atom. The molecule has 1 aromatic carbocycles. The van der Waals surface area contributed by atoms with E-state index >= 15 is 0 Å². The molecule has 0 bridgehead atoms. The largest absolute Gasteiger partial charge is 0.348 e. The van der Waals surface area contributed by atoms with Crippen LogP contribution in [0.25, 0.3) is 5.65 Å². The maximum atomic E-state index is 12.3. The van der Waals surface area contributed by atoms with Gasteiger partial charge in [0.2, 0.25) is 0 Å². The van der Waals surface area contributed by atoms with Crippen LogP contribution >= 0.6 is 15.9 Å². The lowest BCUT2D eigenvalue weighted by molar-refractivity contribution is 0.0949. The van der Waals surface area contributed by atoms with Crippen molar-refractivity contribution < 1.29 is 4.79 Å². The summed E-state index contributed by atoms with van der Waals surface area (Å²) >= 11 is 3.38. The molecule has 1 amide bonds. The van der Waals surface area contributed by atoms with Gasteiger partial charge in [0.05, 0.1) is 0 Å². The van der Waals surface area contributed by atoms with E-state index in [1.54, 1.807) is 24.4 Å². The third-order valence-corrected chi connectivity index (χ3v) is 3.69. The second-order valence-corrected chi connectivity index (χ2v) is 5.63. The van der Waals surface area contributed by atoms with E-state index < -0.39 is 5.91 Å². The van der Waals surface area contributed by atoms with Crippen molar-refractivity contribution in [3.8, 4) is 0 Å². The predicted octanol–water partition coefficient (Wildman–Crippen LogP) is 2.39. The van der Waals surface area contributed by atoms with Crippen LogP contribution in [0.2, 0.25) is 0 Å². The van der Waals surface area contributed by atoms with Gasteiger partial charge in [-0.3, -0.25) is 14.0 Å². The molecule has 0 aliphatic carbocycles. The van der Waals surface area contributed by atoms with Crippen molar-refractivity contribution in [2.24, 2.45) is 0 Å². The fourth-order valence-corrected chi connectivity index (χ4v) is 2.55. The minimum atomic E-state index is -0.435. The molecule has 0 spiro atoms. The van der Waals surface area contributed by atoms with Crippen molar-refractivity contribution in [3.63, 3.8) is 0 Å². The quantitative estimate of drug-likeness (QED) is 0.782. The minimum Gasteiger partial charge on any atom is -0.348 e. The Morgan fingerprint density at radius 3 is 2.91 bits per heavy atom. The Balaban J connectivity index is 1.83. The van der Waals surface area contributed by atoms with Gasteiger partial charge in [-0.05, 0) is 29.8 Å². The van der Waals surface area contributed by atoms with Gasteiger partial charge in [0.25, 0.3) is 11.5 Å². The molecular weight excluding hydrogens is 346 g/mol. The third-order valence-electron chi connectivity index (χ3n) is 3.20. The molecule has 3 aromatic rings. The van der Waals surface area contributed by atoms with Crippen LogP contribution < -0.4 is 10.9 Å². The van der Waals surface area contributed by atoms with Crippen LogP contribution in [0.3, 0.4) is 0 Å². The number of fused-ring (bicyclic) bond motifs is 1. The van der Waals surface area contributed by atoms with Crippen LogP contribution in [0.5, 0.6) is 0 Å². The Bertz CT molecular complexity index is 905. The first-order valence-electron chi connectivity index (χ1n) is 6.64. The van der Waals surface area contributed by atoms with Gasteiger partial charge >= 0.3 is 0 Å². The molecule has 6 heteroatoms. The molecule has 0 saturated heterocycles. The number of rotatable bonds is 3. The normalized spacial score (nSPS) is 10.6. The zero-order chi connectivity index (χ0) is 15.5. The lowest BCUT2D eigenvalue weighted by atomic mass is 10.2. The second-order valence-electron chi connectivity index (χ2n) is 4.72. The average Bonchev–Trinajstić information content (AvgIpc) is 2.53. The number of nitrogens with one attached hydrogen (secondary N) is 1. The first-order valence-corrected chi connectivity index (χ1v) is 7.43. The Labute approximate surface area is 134 Å². The molecule has 1 N–H and O–H groups in total. The molecule has 0 radical (unpaired) electrons. The van der Waals surface area contributed by atoms with E-state index in [0.29, 0.717) is 12.2 Å². The Kier molecular flexibility index (Phi) is 4.02. The van der Waals surface area contributed by atoms with Gasteiger partial charge in [-0.2, -0.15) is 0 Å². The summed E-state index contributed by atoms with van der Waals surface area (Å²) in [6.07, 6.45) is 2.91. The zero-order valence-corrected chi connectivity index (χ0v) is 13.1. The highest BCUT2D eigenvalue weighted by Gasteiger charge is 2.12. The van der Waals surface area contributed by atoms with Gasteiger partial charge in [0.1, 0.15) is 11.2 Å². The standard InChI is InChI=1S/C16H12BrN3O2/c17-12-5-3-4-11(8-12)9-19-15(21)13-10-18-14-6-1-2-7-20(14)16(13)22/h1-8,10H,9H2,(H,19,21). The van der Waals surface area contributed by atoms with Crippen LogP contribution in [-0.4, -0.2) is 15.3 Å². The van der Waals surface area contributed by atoms with Gasteiger partial charge in [-0.25, -0.2) is 4.98 Å². The maximum absolute atomic E-state index is 12.3. The molecule has 0 atom stereocenters. The second kappa shape index (κ2) is 6.11. The topological polar surface area (TPSA) is 63.5 Å². The summed E-state index contributed by atoms with van der Waals surface area (Å²) in [6.45, 7) is 0.342. The smallest absolute Gasteiger partial charge is 0.270 e. The number of carbonyl (C=O) groups is 1. The minimum absolute atomic E-state index is 0.0266. The molecular formula is C16H12BrN3O2. The number of aromatic nitrogens is 2. The lowest BCUT2D eigenvalue weighted by Gasteiger charge is -2.06. The number of carbonyl (C=O) groups excluding carboxylic acids is 1. The lowest BCUT2D eigenvalue weighted by Crippen LogP contribution is -2.31. The molecule has 5 nitrogen and oxygen atoms in total. The Morgan fingerprint density at radius 2 is 2.09 bits per heavy atom. The number of nitrogens with zero attached hydrogens (tertiary/aromatic N) is 2. The SMILES string of the molecule is O=C(NCc1cccc(Br)c1)c1cnc2ccccn2c1=O. The number of hydrogen-bond acceptors (Lipinski definition) is 3. The zero-order valence-electron chi connectivity index (χ0n) is 11.5. The van der Waals surface area contributed by atoms with Crippen LogP contribution in [0.4, 0.5) is 0 Å². The summed E-state index contributed by atoms with van der Waals surface area (Å²) in [5, 5.41) is 2.73. The van der Waals surface area contributed by atoms with Gasteiger partial charge < -0.3 is 5.32 Å². The number of amides is 1. The fourth-order valence-electron chi connectivity index (χ4n) is 2.11. The van der Waals surface area contributed by atoms with Crippen molar-refractivity contribution in [3.05, 3.63) is 80.8 Å². The molecule has 0 saturated carbocycles. The molecule has 2 heterocycles. The average molecular weight is 358 g/mol. The van der Waals surface area contributed by atoms with E-state index in [4.69, 9.17) is 0 Å². The molecule has 110 valence electrons. The summed E-state index contributed by atoms with van der Waals surface area (Å²) in [5.41, 5.74) is 1.10. The van der Waals surface area contributed by atoms with Gasteiger partial charge in [-0.15, -0.1) is 0 Å². The van der Waals surface area contributed by atoms with Gasteiger partial charge in [0.15, 0.2) is 0 Å². The highest BCUT2D eigenvalue weighted by atomic mass is 79.9. The fraction of sp³-hybridized carbons (Fsp3) is 0.0625. The summed E-state index contributed by atoms with van der Waals surface area (Å²) in [6, 6.07) is 12.8. The molecule has 0 aliphatic rings. The summed E-state index contributed by atoms with van der Waals surface area (Å²) < 4.78 is 2.29. The van der Waals surface area contributed by atoms with E-state index in [2.05, 4.69) is 26.2 Å². The van der Waals surface area contributed by atoms with Crippen molar-refractivity contribution >= 4 is 27.5 Å². The number of benzene rings is 1.